The first kappa shape index (κ1) is 20.9. The van der Waals surface area contributed by atoms with Gasteiger partial charge in [-0.15, -0.1) is 0 Å². The number of carbonyl (C=O) groups is 1. The van der Waals surface area contributed by atoms with Gasteiger partial charge in [-0.2, -0.15) is 5.10 Å². The standard InChI is InChI=1S/C21H31BrN2O2/c1-17-15-18(22)13-14-20(17)26-16-21(25)24-23-19-11-9-7-5-3-2-4-6-8-10-12-19/h13-15H,2-12,16H2,1H3,(H,24,25). The summed E-state index contributed by atoms with van der Waals surface area (Å²) in [6.07, 6.45) is 13.6. The van der Waals surface area contributed by atoms with Crippen LogP contribution in [0, 0.1) is 6.92 Å². The predicted molar refractivity (Wildman–Crippen MR) is 111 cm³/mol. The van der Waals surface area contributed by atoms with E-state index in [-0.39, 0.29) is 12.5 Å². The summed E-state index contributed by atoms with van der Waals surface area (Å²) in [7, 11) is 0. The van der Waals surface area contributed by atoms with Crippen LogP contribution < -0.4 is 10.2 Å². The van der Waals surface area contributed by atoms with Gasteiger partial charge in [0.2, 0.25) is 0 Å². The van der Waals surface area contributed by atoms with Crippen molar-refractivity contribution in [1.29, 1.82) is 0 Å². The van der Waals surface area contributed by atoms with Crippen LogP contribution in [0.5, 0.6) is 5.75 Å². The normalized spacial score (nSPS) is 16.9. The number of hydrogen-bond donors (Lipinski definition) is 1. The third-order valence-corrected chi connectivity index (χ3v) is 5.26. The van der Waals surface area contributed by atoms with Crippen molar-refractivity contribution in [2.75, 3.05) is 6.61 Å². The van der Waals surface area contributed by atoms with Crippen molar-refractivity contribution >= 4 is 27.5 Å². The number of rotatable bonds is 4. The Morgan fingerprint density at radius 1 is 1.04 bits per heavy atom. The number of carbonyl (C=O) groups excluding carboxylic acids is 1. The molecule has 0 heterocycles. The third kappa shape index (κ3) is 8.35. The summed E-state index contributed by atoms with van der Waals surface area (Å²) in [6.45, 7) is 1.95. The molecule has 1 saturated carbocycles. The van der Waals surface area contributed by atoms with E-state index in [0.29, 0.717) is 0 Å². The zero-order chi connectivity index (χ0) is 18.6. The summed E-state index contributed by atoms with van der Waals surface area (Å²) in [5, 5.41) is 4.39. The van der Waals surface area contributed by atoms with E-state index in [2.05, 4.69) is 26.5 Å². The molecule has 2 rings (SSSR count). The van der Waals surface area contributed by atoms with Crippen LogP contribution in [0.15, 0.2) is 27.8 Å². The van der Waals surface area contributed by atoms with E-state index >= 15 is 0 Å². The first-order chi connectivity index (χ1) is 12.6. The predicted octanol–water partition coefficient (Wildman–Crippen LogP) is 5.91. The second-order valence-electron chi connectivity index (χ2n) is 7.09. The molecule has 144 valence electrons. The molecule has 0 bridgehead atoms. The molecular weight excluding hydrogens is 392 g/mol. The van der Waals surface area contributed by atoms with E-state index in [1.165, 1.54) is 57.8 Å². The number of benzene rings is 1. The molecule has 0 unspecified atom stereocenters. The lowest BCUT2D eigenvalue weighted by Gasteiger charge is -2.11. The Hall–Kier alpha value is -1.36. The quantitative estimate of drug-likeness (QED) is 0.612. The number of nitrogens with one attached hydrogen (secondary N) is 1. The van der Waals surface area contributed by atoms with Gasteiger partial charge in [0.15, 0.2) is 6.61 Å². The Balaban J connectivity index is 1.79. The fraction of sp³-hybridized carbons (Fsp3) is 0.619. The van der Waals surface area contributed by atoms with Crippen molar-refractivity contribution in [1.82, 2.24) is 5.43 Å². The maximum absolute atomic E-state index is 12.1. The number of nitrogens with zero attached hydrogens (tertiary/aromatic N) is 1. The Morgan fingerprint density at radius 2 is 1.62 bits per heavy atom. The van der Waals surface area contributed by atoms with Crippen LogP contribution in [0.25, 0.3) is 0 Å². The van der Waals surface area contributed by atoms with Gasteiger partial charge in [0, 0.05) is 10.2 Å². The van der Waals surface area contributed by atoms with Crippen molar-refractivity contribution in [3.05, 3.63) is 28.2 Å². The second kappa shape index (κ2) is 12.1. The minimum absolute atomic E-state index is 0.0146. The molecule has 26 heavy (non-hydrogen) atoms. The van der Waals surface area contributed by atoms with Crippen LogP contribution in [0.4, 0.5) is 0 Å². The van der Waals surface area contributed by atoms with Crippen LogP contribution in [0.2, 0.25) is 0 Å². The first-order valence-electron chi connectivity index (χ1n) is 9.88. The molecule has 0 aromatic heterocycles. The van der Waals surface area contributed by atoms with E-state index in [4.69, 9.17) is 4.74 Å². The number of ether oxygens (including phenoxy) is 1. The van der Waals surface area contributed by atoms with Crippen LogP contribution in [0.3, 0.4) is 0 Å². The molecule has 0 saturated heterocycles. The van der Waals surface area contributed by atoms with Gasteiger partial charge in [0.1, 0.15) is 5.75 Å². The molecule has 0 spiro atoms. The molecule has 1 aromatic rings. The van der Waals surface area contributed by atoms with E-state index in [0.717, 1.165) is 34.3 Å². The highest BCUT2D eigenvalue weighted by Gasteiger charge is 2.07. The molecule has 0 radical (unpaired) electrons. The number of aryl methyl sites for hydroxylation is 1. The zero-order valence-electron chi connectivity index (χ0n) is 15.9. The number of hydrogen-bond acceptors (Lipinski definition) is 3. The highest BCUT2D eigenvalue weighted by Crippen LogP contribution is 2.22. The lowest BCUT2D eigenvalue weighted by molar-refractivity contribution is -0.123. The van der Waals surface area contributed by atoms with Gasteiger partial charge in [-0.05, 0) is 56.4 Å². The highest BCUT2D eigenvalue weighted by atomic mass is 79.9. The molecule has 1 amide bonds. The Kier molecular flexibility index (Phi) is 9.75. The second-order valence-corrected chi connectivity index (χ2v) is 8.01. The van der Waals surface area contributed by atoms with Gasteiger partial charge >= 0.3 is 0 Å². The largest absolute Gasteiger partial charge is 0.483 e. The van der Waals surface area contributed by atoms with Gasteiger partial charge in [-0.25, -0.2) is 5.43 Å². The number of amides is 1. The summed E-state index contributed by atoms with van der Waals surface area (Å²) >= 11 is 3.42. The summed E-state index contributed by atoms with van der Waals surface area (Å²) in [6, 6.07) is 5.75. The Morgan fingerprint density at radius 3 is 2.19 bits per heavy atom. The van der Waals surface area contributed by atoms with E-state index in [1.54, 1.807) is 0 Å². The van der Waals surface area contributed by atoms with Crippen molar-refractivity contribution in [3.8, 4) is 5.75 Å². The number of hydrazone groups is 1. The molecule has 1 fully saturated rings. The maximum atomic E-state index is 12.1. The SMILES string of the molecule is Cc1cc(Br)ccc1OCC(=O)NN=C1CCCCCCCCCCC1. The molecule has 0 aliphatic heterocycles. The molecule has 5 heteroatoms. The Bertz CT molecular complexity index is 588. The van der Waals surface area contributed by atoms with Crippen LogP contribution in [0.1, 0.15) is 76.2 Å². The summed E-state index contributed by atoms with van der Waals surface area (Å²) in [5.74, 6) is 0.521. The molecule has 1 aromatic carbocycles. The lowest BCUT2D eigenvalue weighted by atomic mass is 10.00. The average molecular weight is 423 g/mol. The minimum atomic E-state index is -0.203. The van der Waals surface area contributed by atoms with Gasteiger partial charge in [0.25, 0.3) is 5.91 Å². The highest BCUT2D eigenvalue weighted by molar-refractivity contribution is 9.10. The van der Waals surface area contributed by atoms with Crippen molar-refractivity contribution < 1.29 is 9.53 Å². The fourth-order valence-electron chi connectivity index (χ4n) is 3.22. The lowest BCUT2D eigenvalue weighted by Crippen LogP contribution is -2.26. The minimum Gasteiger partial charge on any atom is -0.483 e. The summed E-state index contributed by atoms with van der Waals surface area (Å²) in [4.78, 5) is 12.1. The van der Waals surface area contributed by atoms with Gasteiger partial charge in [-0.3, -0.25) is 4.79 Å². The molecule has 1 N–H and O–H groups in total. The van der Waals surface area contributed by atoms with Gasteiger partial charge in [-0.1, -0.05) is 60.9 Å². The fourth-order valence-corrected chi connectivity index (χ4v) is 3.70. The van der Waals surface area contributed by atoms with Crippen molar-refractivity contribution in [2.45, 2.75) is 77.6 Å². The number of halogens is 1. The molecular formula is C21H31BrN2O2. The topological polar surface area (TPSA) is 50.7 Å². The monoisotopic (exact) mass is 422 g/mol. The average Bonchev–Trinajstić information content (AvgIpc) is 2.60. The maximum Gasteiger partial charge on any atom is 0.277 e. The van der Waals surface area contributed by atoms with E-state index in [9.17, 15) is 4.79 Å². The van der Waals surface area contributed by atoms with Crippen molar-refractivity contribution in [3.63, 3.8) is 0 Å². The van der Waals surface area contributed by atoms with Gasteiger partial charge in [0.05, 0.1) is 0 Å². The molecule has 0 atom stereocenters. The van der Waals surface area contributed by atoms with Gasteiger partial charge < -0.3 is 4.74 Å². The van der Waals surface area contributed by atoms with E-state index in [1.807, 2.05) is 25.1 Å². The smallest absolute Gasteiger partial charge is 0.277 e. The van der Waals surface area contributed by atoms with E-state index < -0.39 is 0 Å². The van der Waals surface area contributed by atoms with Crippen LogP contribution >= 0.6 is 15.9 Å². The molecule has 1 aliphatic rings. The van der Waals surface area contributed by atoms with Crippen LogP contribution in [-0.2, 0) is 4.79 Å². The first-order valence-corrected chi connectivity index (χ1v) is 10.7. The third-order valence-electron chi connectivity index (χ3n) is 4.77. The Labute approximate surface area is 165 Å². The molecule has 4 nitrogen and oxygen atoms in total. The van der Waals surface area contributed by atoms with Crippen molar-refractivity contribution in [2.24, 2.45) is 5.10 Å². The zero-order valence-corrected chi connectivity index (χ0v) is 17.4. The van der Waals surface area contributed by atoms with Crippen LogP contribution in [-0.4, -0.2) is 18.2 Å². The summed E-state index contributed by atoms with van der Waals surface area (Å²) < 4.78 is 6.60. The summed E-state index contributed by atoms with van der Waals surface area (Å²) in [5.41, 5.74) is 4.80. The molecule has 1 aliphatic carbocycles.